The zero-order valence-electron chi connectivity index (χ0n) is 14.7. The maximum Gasteiger partial charge on any atom is 0.233 e. The summed E-state index contributed by atoms with van der Waals surface area (Å²) in [5, 5.41) is 2.93. The van der Waals surface area contributed by atoms with Crippen LogP contribution in [0.5, 0.6) is 0 Å². The van der Waals surface area contributed by atoms with Crippen molar-refractivity contribution in [2.24, 2.45) is 47.2 Å². The van der Waals surface area contributed by atoms with Gasteiger partial charge in [0.1, 0.15) is 0 Å². The van der Waals surface area contributed by atoms with Crippen LogP contribution in [0.25, 0.3) is 0 Å². The Labute approximate surface area is 159 Å². The summed E-state index contributed by atoms with van der Waals surface area (Å²) in [4.78, 5) is 39.1. The van der Waals surface area contributed by atoms with Crippen molar-refractivity contribution in [3.05, 3.63) is 12.2 Å². The fourth-order valence-corrected chi connectivity index (χ4v) is 6.32. The molecule has 5 rings (SSSR count). The Morgan fingerprint density at radius 1 is 1.08 bits per heavy atom. The number of carbonyl (C=O) groups excluding carboxylic acids is 3. The first-order valence-electron chi connectivity index (χ1n) is 9.63. The van der Waals surface area contributed by atoms with Gasteiger partial charge < -0.3 is 11.1 Å². The Morgan fingerprint density at radius 2 is 1.69 bits per heavy atom. The fourth-order valence-electron chi connectivity index (χ4n) is 6.32. The smallest absolute Gasteiger partial charge is 0.233 e. The number of nitrogens with two attached hydrogens (primary N) is 1. The molecule has 142 valence electrons. The number of amides is 3. The molecule has 5 aliphatic rings. The molecule has 8 unspecified atom stereocenters. The predicted molar refractivity (Wildman–Crippen MR) is 97.0 cm³/mol. The number of carbonyl (C=O) groups is 3. The van der Waals surface area contributed by atoms with Gasteiger partial charge in [0.2, 0.25) is 17.7 Å². The standard InChI is InChI=1S/C19H25N3O3.ClH/c20-16-12-4-3-11(8-12)15(16)17(23)21-5-6-22-18(24)13-9-1-2-10(7-9)14(13)19(22)25;/h1-2,9-16H,3-8,20H2,(H,21,23);1H. The molecule has 26 heavy (non-hydrogen) atoms. The average Bonchev–Trinajstić information content (AvgIpc) is 3.37. The highest BCUT2D eigenvalue weighted by molar-refractivity contribution is 6.06. The van der Waals surface area contributed by atoms with Gasteiger partial charge in [-0.15, -0.1) is 12.4 Å². The number of imide groups is 1. The SMILES string of the molecule is Cl.NC1C2CCC(C2)C1C(=O)NCCN1C(=O)C2C3C=CC(C3)C2C1=O. The van der Waals surface area contributed by atoms with E-state index in [9.17, 15) is 14.4 Å². The second-order valence-corrected chi connectivity index (χ2v) is 8.56. The lowest BCUT2D eigenvalue weighted by Gasteiger charge is -2.27. The van der Waals surface area contributed by atoms with Crippen molar-refractivity contribution >= 4 is 30.1 Å². The molecule has 8 atom stereocenters. The van der Waals surface area contributed by atoms with E-state index in [-0.39, 0.29) is 72.3 Å². The number of nitrogens with one attached hydrogen (secondary N) is 1. The molecule has 3 saturated carbocycles. The molecule has 3 amide bonds. The maximum absolute atomic E-state index is 12.6. The van der Waals surface area contributed by atoms with E-state index in [1.807, 2.05) is 0 Å². The van der Waals surface area contributed by atoms with Crippen molar-refractivity contribution in [3.8, 4) is 0 Å². The zero-order chi connectivity index (χ0) is 17.3. The monoisotopic (exact) mass is 379 g/mol. The molecule has 4 aliphatic carbocycles. The van der Waals surface area contributed by atoms with Crippen LogP contribution in [0.1, 0.15) is 25.7 Å². The molecular weight excluding hydrogens is 354 g/mol. The highest BCUT2D eigenvalue weighted by Crippen LogP contribution is 2.52. The largest absolute Gasteiger partial charge is 0.354 e. The van der Waals surface area contributed by atoms with E-state index in [0.29, 0.717) is 18.4 Å². The highest BCUT2D eigenvalue weighted by atomic mass is 35.5. The number of likely N-dealkylation sites (tertiary alicyclic amines) is 1. The number of nitrogens with zero attached hydrogens (tertiary/aromatic N) is 1. The van der Waals surface area contributed by atoms with Crippen molar-refractivity contribution in [2.45, 2.75) is 31.7 Å². The van der Waals surface area contributed by atoms with Gasteiger partial charge in [-0.2, -0.15) is 0 Å². The van der Waals surface area contributed by atoms with E-state index in [0.717, 1.165) is 25.7 Å². The van der Waals surface area contributed by atoms with E-state index in [1.165, 1.54) is 4.90 Å². The molecule has 3 N–H and O–H groups in total. The van der Waals surface area contributed by atoms with Gasteiger partial charge >= 0.3 is 0 Å². The molecule has 4 fully saturated rings. The number of hydrogen-bond acceptors (Lipinski definition) is 4. The van der Waals surface area contributed by atoms with Gasteiger partial charge in [0.05, 0.1) is 17.8 Å². The fraction of sp³-hybridized carbons (Fsp3) is 0.737. The molecule has 6 nitrogen and oxygen atoms in total. The molecule has 1 aliphatic heterocycles. The van der Waals surface area contributed by atoms with Gasteiger partial charge in [0, 0.05) is 19.1 Å². The first kappa shape index (κ1) is 18.0. The summed E-state index contributed by atoms with van der Waals surface area (Å²) in [7, 11) is 0. The van der Waals surface area contributed by atoms with Crippen LogP contribution in [0.4, 0.5) is 0 Å². The molecular formula is C19H26ClN3O3. The number of allylic oxidation sites excluding steroid dienone is 2. The summed E-state index contributed by atoms with van der Waals surface area (Å²) in [5.74, 6) is 0.880. The van der Waals surface area contributed by atoms with Crippen molar-refractivity contribution in [1.82, 2.24) is 10.2 Å². The Balaban J connectivity index is 0.00000168. The topological polar surface area (TPSA) is 92.5 Å². The van der Waals surface area contributed by atoms with Crippen LogP contribution in [-0.2, 0) is 14.4 Å². The van der Waals surface area contributed by atoms with Crippen LogP contribution in [-0.4, -0.2) is 41.8 Å². The van der Waals surface area contributed by atoms with Crippen LogP contribution in [0.3, 0.4) is 0 Å². The van der Waals surface area contributed by atoms with Crippen LogP contribution in [0.2, 0.25) is 0 Å². The Bertz CT molecular complexity index is 649. The van der Waals surface area contributed by atoms with E-state index in [4.69, 9.17) is 5.73 Å². The summed E-state index contributed by atoms with van der Waals surface area (Å²) < 4.78 is 0. The third-order valence-corrected chi connectivity index (χ3v) is 7.48. The molecule has 4 bridgehead atoms. The van der Waals surface area contributed by atoms with Gasteiger partial charge in [-0.25, -0.2) is 0 Å². The molecule has 7 heteroatoms. The van der Waals surface area contributed by atoms with E-state index >= 15 is 0 Å². The van der Waals surface area contributed by atoms with Crippen molar-refractivity contribution in [2.75, 3.05) is 13.1 Å². The summed E-state index contributed by atoms with van der Waals surface area (Å²) in [6.45, 7) is 0.616. The van der Waals surface area contributed by atoms with Gasteiger partial charge in [0.25, 0.3) is 0 Å². The Hall–Kier alpha value is -1.40. The van der Waals surface area contributed by atoms with Crippen molar-refractivity contribution in [1.29, 1.82) is 0 Å². The number of hydrogen-bond donors (Lipinski definition) is 2. The van der Waals surface area contributed by atoms with Crippen molar-refractivity contribution < 1.29 is 14.4 Å². The minimum atomic E-state index is -0.155. The van der Waals surface area contributed by atoms with E-state index in [2.05, 4.69) is 17.5 Å². The normalized spacial score (nSPS) is 44.6. The van der Waals surface area contributed by atoms with Crippen LogP contribution >= 0.6 is 12.4 Å². The Kier molecular flexibility index (Phi) is 4.39. The number of rotatable bonds is 4. The lowest BCUT2D eigenvalue weighted by Crippen LogP contribution is -2.47. The van der Waals surface area contributed by atoms with Gasteiger partial charge in [0.15, 0.2) is 0 Å². The molecule has 1 saturated heterocycles. The summed E-state index contributed by atoms with van der Waals surface area (Å²) in [5.41, 5.74) is 6.22. The highest BCUT2D eigenvalue weighted by Gasteiger charge is 2.59. The molecule has 0 aromatic carbocycles. The Morgan fingerprint density at radius 3 is 2.27 bits per heavy atom. The minimum absolute atomic E-state index is 0. The van der Waals surface area contributed by atoms with Crippen molar-refractivity contribution in [3.63, 3.8) is 0 Å². The lowest BCUT2D eigenvalue weighted by atomic mass is 9.84. The second-order valence-electron chi connectivity index (χ2n) is 8.56. The lowest BCUT2D eigenvalue weighted by molar-refractivity contribution is -0.141. The summed E-state index contributed by atoms with van der Waals surface area (Å²) in [6, 6.07) is -0.0325. The summed E-state index contributed by atoms with van der Waals surface area (Å²) in [6.07, 6.45) is 8.45. The average molecular weight is 380 g/mol. The second kappa shape index (κ2) is 6.34. The third-order valence-electron chi connectivity index (χ3n) is 7.48. The van der Waals surface area contributed by atoms with E-state index in [1.54, 1.807) is 0 Å². The minimum Gasteiger partial charge on any atom is -0.354 e. The molecule has 0 aromatic heterocycles. The number of halogens is 1. The third kappa shape index (κ3) is 2.38. The van der Waals surface area contributed by atoms with Gasteiger partial charge in [-0.1, -0.05) is 12.2 Å². The quantitative estimate of drug-likeness (QED) is 0.555. The predicted octanol–water partition coefficient (Wildman–Crippen LogP) is 0.705. The first-order chi connectivity index (χ1) is 12.1. The maximum atomic E-state index is 12.6. The van der Waals surface area contributed by atoms with Crippen LogP contribution < -0.4 is 11.1 Å². The van der Waals surface area contributed by atoms with E-state index < -0.39 is 0 Å². The zero-order valence-corrected chi connectivity index (χ0v) is 15.5. The summed E-state index contributed by atoms with van der Waals surface area (Å²) >= 11 is 0. The molecule has 1 heterocycles. The van der Waals surface area contributed by atoms with Crippen LogP contribution in [0, 0.1) is 41.4 Å². The first-order valence-corrected chi connectivity index (χ1v) is 9.63. The molecule has 0 radical (unpaired) electrons. The van der Waals surface area contributed by atoms with Gasteiger partial charge in [-0.3, -0.25) is 19.3 Å². The van der Waals surface area contributed by atoms with Gasteiger partial charge in [-0.05, 0) is 49.4 Å². The molecule has 0 spiro atoms. The molecule has 0 aromatic rings. The number of fused-ring (bicyclic) bond motifs is 7. The van der Waals surface area contributed by atoms with Crippen LogP contribution in [0.15, 0.2) is 12.2 Å².